The molecule has 2 heterocycles. The Morgan fingerprint density at radius 1 is 1.53 bits per heavy atom. The third-order valence-corrected chi connectivity index (χ3v) is 3.41. The SMILES string of the molecule is CC1C(CO)OC(n2cnc(C(N)O)n2)C1C. The number of nitrogens with two attached hydrogens (primary N) is 1. The van der Waals surface area contributed by atoms with Crippen LogP contribution in [0.3, 0.4) is 0 Å². The largest absolute Gasteiger partial charge is 0.394 e. The van der Waals surface area contributed by atoms with Crippen LogP contribution in [0.25, 0.3) is 0 Å². The van der Waals surface area contributed by atoms with Gasteiger partial charge in [-0.25, -0.2) is 9.67 Å². The fourth-order valence-electron chi connectivity index (χ4n) is 2.08. The molecule has 1 aromatic heterocycles. The van der Waals surface area contributed by atoms with E-state index < -0.39 is 6.23 Å². The molecule has 2 rings (SSSR count). The third kappa shape index (κ3) is 2.19. The van der Waals surface area contributed by atoms with Gasteiger partial charge in [0.05, 0.1) is 12.7 Å². The van der Waals surface area contributed by atoms with Gasteiger partial charge in [0, 0.05) is 5.92 Å². The van der Waals surface area contributed by atoms with Gasteiger partial charge < -0.3 is 14.9 Å². The summed E-state index contributed by atoms with van der Waals surface area (Å²) in [6.45, 7) is 4.05. The smallest absolute Gasteiger partial charge is 0.194 e. The highest BCUT2D eigenvalue weighted by molar-refractivity contribution is 4.89. The van der Waals surface area contributed by atoms with Crippen molar-refractivity contribution in [2.45, 2.75) is 32.4 Å². The maximum Gasteiger partial charge on any atom is 0.194 e. The number of hydrogen-bond donors (Lipinski definition) is 3. The van der Waals surface area contributed by atoms with Gasteiger partial charge in [-0.15, -0.1) is 5.10 Å². The van der Waals surface area contributed by atoms with E-state index in [4.69, 9.17) is 15.6 Å². The fourth-order valence-corrected chi connectivity index (χ4v) is 2.08. The molecule has 0 radical (unpaired) electrons. The van der Waals surface area contributed by atoms with E-state index in [9.17, 15) is 5.11 Å². The molecule has 7 nitrogen and oxygen atoms in total. The standard InChI is InChI=1S/C10H18N4O3/c1-5-6(2)10(17-7(5)3-15)14-4-12-9(13-14)8(11)16/h4-8,10,15-16H,3,11H2,1-2H3. The van der Waals surface area contributed by atoms with E-state index in [2.05, 4.69) is 10.1 Å². The van der Waals surface area contributed by atoms with E-state index in [1.54, 1.807) is 4.68 Å². The van der Waals surface area contributed by atoms with Crippen LogP contribution in [0, 0.1) is 11.8 Å². The molecule has 0 aliphatic carbocycles. The van der Waals surface area contributed by atoms with Crippen LogP contribution in [0.5, 0.6) is 0 Å². The van der Waals surface area contributed by atoms with Crippen molar-refractivity contribution in [1.29, 1.82) is 0 Å². The monoisotopic (exact) mass is 242 g/mol. The lowest BCUT2D eigenvalue weighted by Gasteiger charge is -2.15. The van der Waals surface area contributed by atoms with Crippen molar-refractivity contribution in [1.82, 2.24) is 14.8 Å². The third-order valence-electron chi connectivity index (χ3n) is 3.41. The van der Waals surface area contributed by atoms with E-state index >= 15 is 0 Å². The number of ether oxygens (including phenoxy) is 1. The van der Waals surface area contributed by atoms with Gasteiger partial charge in [-0.05, 0) is 5.92 Å². The van der Waals surface area contributed by atoms with Crippen LogP contribution < -0.4 is 5.73 Å². The molecule has 0 amide bonds. The van der Waals surface area contributed by atoms with Crippen LogP contribution in [-0.2, 0) is 4.74 Å². The van der Waals surface area contributed by atoms with Gasteiger partial charge >= 0.3 is 0 Å². The maximum absolute atomic E-state index is 9.18. The molecule has 7 heteroatoms. The Hall–Kier alpha value is -1.02. The average Bonchev–Trinajstić information content (AvgIpc) is 2.87. The summed E-state index contributed by atoms with van der Waals surface area (Å²) in [5.74, 6) is 0.609. The summed E-state index contributed by atoms with van der Waals surface area (Å²) in [5.41, 5.74) is 5.28. The zero-order valence-electron chi connectivity index (χ0n) is 9.89. The predicted molar refractivity (Wildman–Crippen MR) is 58.5 cm³/mol. The second-order valence-corrected chi connectivity index (χ2v) is 4.49. The summed E-state index contributed by atoms with van der Waals surface area (Å²) in [7, 11) is 0. The van der Waals surface area contributed by atoms with Crippen LogP contribution >= 0.6 is 0 Å². The molecule has 1 aromatic rings. The van der Waals surface area contributed by atoms with Crippen LogP contribution in [0.4, 0.5) is 0 Å². The number of aromatic nitrogens is 3. The zero-order chi connectivity index (χ0) is 12.6. The average molecular weight is 242 g/mol. The highest BCUT2D eigenvalue weighted by atomic mass is 16.5. The molecule has 5 unspecified atom stereocenters. The van der Waals surface area contributed by atoms with Crippen molar-refractivity contribution in [2.24, 2.45) is 17.6 Å². The quantitative estimate of drug-likeness (QED) is 0.610. The molecular formula is C10H18N4O3. The Balaban J connectivity index is 2.17. The zero-order valence-corrected chi connectivity index (χ0v) is 9.89. The lowest BCUT2D eigenvalue weighted by Crippen LogP contribution is -2.19. The van der Waals surface area contributed by atoms with Crippen molar-refractivity contribution in [2.75, 3.05) is 6.61 Å². The van der Waals surface area contributed by atoms with E-state index in [-0.39, 0.29) is 36.6 Å². The van der Waals surface area contributed by atoms with Gasteiger partial charge in [-0.1, -0.05) is 13.8 Å². The molecule has 17 heavy (non-hydrogen) atoms. The molecule has 1 aliphatic heterocycles. The highest BCUT2D eigenvalue weighted by Gasteiger charge is 2.40. The predicted octanol–water partition coefficient (Wildman–Crippen LogP) is -0.610. The number of aliphatic hydroxyl groups is 2. The number of rotatable bonds is 3. The van der Waals surface area contributed by atoms with Crippen molar-refractivity contribution < 1.29 is 14.9 Å². The first-order chi connectivity index (χ1) is 8.04. The first kappa shape index (κ1) is 12.4. The highest BCUT2D eigenvalue weighted by Crippen LogP contribution is 2.38. The molecule has 0 saturated carbocycles. The molecule has 1 saturated heterocycles. The van der Waals surface area contributed by atoms with Crippen LogP contribution in [0.1, 0.15) is 32.1 Å². The van der Waals surface area contributed by atoms with Gasteiger partial charge in [0.2, 0.25) is 0 Å². The van der Waals surface area contributed by atoms with Crippen molar-refractivity contribution in [3.05, 3.63) is 12.2 Å². The molecule has 5 atom stereocenters. The van der Waals surface area contributed by atoms with Crippen molar-refractivity contribution in [3.63, 3.8) is 0 Å². The summed E-state index contributed by atoms with van der Waals surface area (Å²) in [5, 5.41) is 22.4. The first-order valence-corrected chi connectivity index (χ1v) is 5.65. The summed E-state index contributed by atoms with van der Waals surface area (Å²) in [6, 6.07) is 0. The fraction of sp³-hybridized carbons (Fsp3) is 0.800. The van der Waals surface area contributed by atoms with Gasteiger partial charge in [0.25, 0.3) is 0 Å². The second-order valence-electron chi connectivity index (χ2n) is 4.49. The number of nitrogens with zero attached hydrogens (tertiary/aromatic N) is 3. The van der Waals surface area contributed by atoms with E-state index in [0.29, 0.717) is 0 Å². The Kier molecular flexibility index (Phi) is 3.43. The topological polar surface area (TPSA) is 106 Å². The first-order valence-electron chi connectivity index (χ1n) is 5.65. The Morgan fingerprint density at radius 3 is 2.71 bits per heavy atom. The van der Waals surface area contributed by atoms with Gasteiger partial charge in [0.1, 0.15) is 6.33 Å². The van der Waals surface area contributed by atoms with Gasteiger partial charge in [-0.2, -0.15) is 0 Å². The van der Waals surface area contributed by atoms with Crippen molar-refractivity contribution in [3.8, 4) is 0 Å². The number of hydrogen-bond acceptors (Lipinski definition) is 6. The van der Waals surface area contributed by atoms with Gasteiger partial charge in [-0.3, -0.25) is 5.73 Å². The molecule has 0 aromatic carbocycles. The minimum atomic E-state index is -1.18. The van der Waals surface area contributed by atoms with E-state index in [1.165, 1.54) is 6.33 Å². The summed E-state index contributed by atoms with van der Waals surface area (Å²) < 4.78 is 7.25. The molecule has 0 bridgehead atoms. The molecule has 1 fully saturated rings. The lowest BCUT2D eigenvalue weighted by molar-refractivity contribution is -0.0417. The van der Waals surface area contributed by atoms with Crippen molar-refractivity contribution >= 4 is 0 Å². The molecular weight excluding hydrogens is 224 g/mol. The maximum atomic E-state index is 9.18. The molecule has 1 aliphatic rings. The van der Waals surface area contributed by atoms with E-state index in [1.807, 2.05) is 13.8 Å². The summed E-state index contributed by atoms with van der Waals surface area (Å²) in [4.78, 5) is 3.90. The Labute approximate surface area is 99.2 Å². The van der Waals surface area contributed by atoms with Crippen LogP contribution in [-0.4, -0.2) is 37.7 Å². The Bertz CT molecular complexity index is 381. The van der Waals surface area contributed by atoms with Crippen LogP contribution in [0.15, 0.2) is 6.33 Å². The summed E-state index contributed by atoms with van der Waals surface area (Å²) >= 11 is 0. The lowest BCUT2D eigenvalue weighted by atomic mass is 9.93. The van der Waals surface area contributed by atoms with Gasteiger partial charge in [0.15, 0.2) is 18.3 Å². The number of aliphatic hydroxyl groups excluding tert-OH is 2. The normalized spacial score (nSPS) is 35.1. The summed E-state index contributed by atoms with van der Waals surface area (Å²) in [6.07, 6.45) is -0.161. The van der Waals surface area contributed by atoms with Crippen LogP contribution in [0.2, 0.25) is 0 Å². The minimum absolute atomic E-state index is 0.0108. The molecule has 4 N–H and O–H groups in total. The van der Waals surface area contributed by atoms with E-state index in [0.717, 1.165) is 0 Å². The Morgan fingerprint density at radius 2 is 2.24 bits per heavy atom. The second kappa shape index (κ2) is 4.69. The molecule has 96 valence electrons. The molecule has 0 spiro atoms. The minimum Gasteiger partial charge on any atom is -0.394 e.